The third-order valence-corrected chi connectivity index (χ3v) is 9.68. The summed E-state index contributed by atoms with van der Waals surface area (Å²) in [6.07, 6.45) is -1.48. The van der Waals surface area contributed by atoms with Crippen LogP contribution in [0, 0.1) is 5.82 Å². The lowest BCUT2D eigenvalue weighted by Gasteiger charge is -2.19. The Morgan fingerprint density at radius 3 is 2.42 bits per heavy atom. The van der Waals surface area contributed by atoms with Gasteiger partial charge >= 0.3 is 6.18 Å². The number of aromatic nitrogens is 4. The lowest BCUT2D eigenvalue weighted by Crippen LogP contribution is -2.27. The van der Waals surface area contributed by atoms with Gasteiger partial charge in [0.15, 0.2) is 5.75 Å². The summed E-state index contributed by atoms with van der Waals surface area (Å²) in [5, 5.41) is 7.62. The highest BCUT2D eigenvalue weighted by Gasteiger charge is 2.35. The number of amides is 1. The molecule has 1 amide bonds. The Bertz CT molecular complexity index is 1840. The van der Waals surface area contributed by atoms with Crippen LogP contribution in [0.4, 0.5) is 34.9 Å². The van der Waals surface area contributed by atoms with Gasteiger partial charge < -0.3 is 20.5 Å². The quantitative estimate of drug-likeness (QED) is 0.0755. The Balaban J connectivity index is 1.84. The number of hydrogen-bond donors (Lipinski definition) is 3. The largest absolute Gasteiger partial charge is 0.485 e. The van der Waals surface area contributed by atoms with Gasteiger partial charge in [0.25, 0.3) is 5.91 Å². The fourth-order valence-electron chi connectivity index (χ4n) is 4.42. The van der Waals surface area contributed by atoms with Crippen LogP contribution in [0.1, 0.15) is 28.9 Å². The normalized spacial score (nSPS) is 12.8. The maximum Gasteiger partial charge on any atom is 0.404 e. The number of primary amides is 1. The molecular weight excluding hydrogens is 675 g/mol. The molecule has 4 aromatic rings. The molecule has 4 N–H and O–H groups in total. The first kappa shape index (κ1) is 36.3. The van der Waals surface area contributed by atoms with Crippen LogP contribution in [0.2, 0.25) is 25.7 Å². The predicted octanol–water partition coefficient (Wildman–Crippen LogP) is 6.08. The van der Waals surface area contributed by atoms with Crippen LogP contribution in [-0.4, -0.2) is 60.7 Å². The van der Waals surface area contributed by atoms with Crippen molar-refractivity contribution in [2.45, 2.75) is 51.6 Å². The molecule has 0 radical (unpaired) electrons. The average molecular weight is 710 g/mol. The van der Waals surface area contributed by atoms with E-state index in [-0.39, 0.29) is 46.6 Å². The Morgan fingerprint density at radius 2 is 1.81 bits per heavy atom. The minimum Gasteiger partial charge on any atom is -0.485 e. The molecule has 2 heterocycles. The first-order valence-electron chi connectivity index (χ1n) is 14.6. The molecule has 258 valence electrons. The van der Waals surface area contributed by atoms with E-state index in [1.165, 1.54) is 59.7 Å². The summed E-state index contributed by atoms with van der Waals surface area (Å²) in [7, 11) is -6.30. The van der Waals surface area contributed by atoms with Crippen molar-refractivity contribution in [3.05, 3.63) is 78.0 Å². The number of rotatable bonds is 15. The molecule has 18 heteroatoms. The molecule has 2 aromatic carbocycles. The number of alkyl halides is 3. The molecule has 0 saturated heterocycles. The van der Waals surface area contributed by atoms with E-state index in [1.807, 2.05) is 4.72 Å². The first-order valence-corrected chi connectivity index (χ1v) is 19.9. The second kappa shape index (κ2) is 14.7. The number of sulfonamides is 1. The van der Waals surface area contributed by atoms with Crippen molar-refractivity contribution in [2.24, 2.45) is 5.73 Å². The van der Waals surface area contributed by atoms with Crippen LogP contribution in [0.3, 0.4) is 0 Å². The minimum atomic E-state index is -4.99. The second-order valence-corrected chi connectivity index (χ2v) is 19.3. The number of nitrogens with two attached hydrogens (primary N) is 1. The maximum absolute atomic E-state index is 13.6. The SMILES string of the molecule is C[C@H](Oc1cc(NS(=O)(=O)CC(F)(F)F)ccc1-c1nn(COCC[Si](C)(C)C)c(Nc2cnccn2)c1C(N)=O)c1ccc(F)cc1. The summed E-state index contributed by atoms with van der Waals surface area (Å²) >= 11 is 0. The number of carbonyl (C=O) groups excluding carboxylic acids is 1. The van der Waals surface area contributed by atoms with Crippen molar-refractivity contribution >= 4 is 41.3 Å². The van der Waals surface area contributed by atoms with E-state index in [1.54, 1.807) is 6.92 Å². The van der Waals surface area contributed by atoms with Crippen LogP contribution in [0.15, 0.2) is 61.1 Å². The Morgan fingerprint density at radius 1 is 1.10 bits per heavy atom. The van der Waals surface area contributed by atoms with Crippen molar-refractivity contribution in [2.75, 3.05) is 22.4 Å². The summed E-state index contributed by atoms with van der Waals surface area (Å²) in [5.41, 5.74) is 6.17. The van der Waals surface area contributed by atoms with Crippen molar-refractivity contribution in [3.8, 4) is 17.0 Å². The zero-order chi connectivity index (χ0) is 35.3. The number of halogens is 4. The number of ether oxygens (including phenoxy) is 2. The number of nitrogens with zero attached hydrogens (tertiary/aromatic N) is 4. The molecular formula is C30H35F4N7O5SSi. The third kappa shape index (κ3) is 10.2. The lowest BCUT2D eigenvalue weighted by atomic mass is 10.0. The zero-order valence-corrected chi connectivity index (χ0v) is 28.3. The number of carbonyl (C=O) groups is 1. The molecule has 0 unspecified atom stereocenters. The first-order chi connectivity index (χ1) is 22.4. The molecule has 0 bridgehead atoms. The molecule has 0 saturated carbocycles. The van der Waals surface area contributed by atoms with Crippen molar-refractivity contribution < 1.29 is 40.2 Å². The molecule has 0 aliphatic rings. The van der Waals surface area contributed by atoms with Crippen LogP contribution >= 0.6 is 0 Å². The fourth-order valence-corrected chi connectivity index (χ4v) is 6.17. The van der Waals surface area contributed by atoms with E-state index in [9.17, 15) is 30.8 Å². The molecule has 0 aliphatic heterocycles. The van der Waals surface area contributed by atoms with Gasteiger partial charge in [-0.3, -0.25) is 14.5 Å². The third-order valence-electron chi connectivity index (χ3n) is 6.73. The van der Waals surface area contributed by atoms with Gasteiger partial charge in [-0.15, -0.1) is 0 Å². The number of nitrogens with one attached hydrogen (secondary N) is 2. The van der Waals surface area contributed by atoms with Crippen molar-refractivity contribution in [1.82, 2.24) is 19.7 Å². The molecule has 2 aromatic heterocycles. The van der Waals surface area contributed by atoms with Crippen molar-refractivity contribution in [3.63, 3.8) is 0 Å². The summed E-state index contributed by atoms with van der Waals surface area (Å²) in [6.45, 7) is 8.50. The molecule has 48 heavy (non-hydrogen) atoms. The molecule has 4 rings (SSSR count). The lowest BCUT2D eigenvalue weighted by molar-refractivity contribution is -0.106. The van der Waals surface area contributed by atoms with E-state index >= 15 is 0 Å². The molecule has 0 fully saturated rings. The number of anilines is 3. The Hall–Kier alpha value is -4.55. The standard InChI is InChI=1S/C30H35F4N7O5SSi/c1-19(20-5-7-21(31)8-6-20)46-24-15-22(40-47(43,44)17-30(32,33)34)9-10-23(24)27-26(28(35)42)29(38-25-16-36-11-12-37-25)41(39-27)18-45-13-14-48(2,3)4/h5-12,15-16,19,40H,13-14,17-18H2,1-4H3,(H2,35,42)(H,37,38)/t19-/m0/s1. The van der Waals surface area contributed by atoms with Gasteiger partial charge in [-0.05, 0) is 42.8 Å². The van der Waals surface area contributed by atoms with Gasteiger partial charge in [-0.25, -0.2) is 22.5 Å². The van der Waals surface area contributed by atoms with E-state index in [0.29, 0.717) is 12.2 Å². The fraction of sp³-hybridized carbons (Fsp3) is 0.333. The number of benzene rings is 2. The average Bonchev–Trinajstić information content (AvgIpc) is 3.32. The highest BCUT2D eigenvalue weighted by molar-refractivity contribution is 7.92. The van der Waals surface area contributed by atoms with E-state index in [0.717, 1.165) is 12.1 Å². The highest BCUT2D eigenvalue weighted by atomic mass is 32.2. The van der Waals surface area contributed by atoms with Crippen LogP contribution < -0.4 is 20.5 Å². The van der Waals surface area contributed by atoms with Gasteiger partial charge in [0.1, 0.15) is 47.3 Å². The number of hydrogen-bond acceptors (Lipinski definition) is 9. The summed E-state index contributed by atoms with van der Waals surface area (Å²) in [5.74, 6) is -3.22. The smallest absolute Gasteiger partial charge is 0.404 e. The molecule has 1 atom stereocenters. The van der Waals surface area contributed by atoms with Crippen LogP contribution in [-0.2, 0) is 21.5 Å². The topological polar surface area (TPSA) is 163 Å². The Kier molecular flexibility index (Phi) is 11.1. The van der Waals surface area contributed by atoms with Gasteiger partial charge in [-0.2, -0.15) is 18.3 Å². The van der Waals surface area contributed by atoms with E-state index in [2.05, 4.69) is 40.0 Å². The minimum absolute atomic E-state index is 0.00584. The molecule has 0 spiro atoms. The van der Waals surface area contributed by atoms with Gasteiger partial charge in [-0.1, -0.05) is 31.8 Å². The van der Waals surface area contributed by atoms with Crippen LogP contribution in [0.5, 0.6) is 5.75 Å². The zero-order valence-electron chi connectivity index (χ0n) is 26.5. The summed E-state index contributed by atoms with van der Waals surface area (Å²) < 4.78 is 92.4. The summed E-state index contributed by atoms with van der Waals surface area (Å²) in [4.78, 5) is 21.3. The van der Waals surface area contributed by atoms with E-state index < -0.39 is 47.9 Å². The maximum atomic E-state index is 13.6. The molecule has 0 aliphatic carbocycles. The molecule has 12 nitrogen and oxygen atoms in total. The predicted molar refractivity (Wildman–Crippen MR) is 175 cm³/mol. The van der Waals surface area contributed by atoms with Crippen LogP contribution in [0.25, 0.3) is 11.3 Å². The second-order valence-electron chi connectivity index (χ2n) is 12.0. The monoisotopic (exact) mass is 709 g/mol. The Labute approximate surface area is 275 Å². The van der Waals surface area contributed by atoms with Crippen molar-refractivity contribution in [1.29, 1.82) is 0 Å². The van der Waals surface area contributed by atoms with Gasteiger partial charge in [0.05, 0.1) is 11.9 Å². The van der Waals surface area contributed by atoms with Gasteiger partial charge in [0.2, 0.25) is 10.0 Å². The summed E-state index contributed by atoms with van der Waals surface area (Å²) in [6, 6.07) is 9.92. The van der Waals surface area contributed by atoms with E-state index in [4.69, 9.17) is 15.2 Å². The highest BCUT2D eigenvalue weighted by Crippen LogP contribution is 2.39. The van der Waals surface area contributed by atoms with Gasteiger partial charge in [0, 0.05) is 38.7 Å².